The molecule has 174 valence electrons. The minimum atomic E-state index is -3.99. The van der Waals surface area contributed by atoms with Crippen molar-refractivity contribution in [1.29, 1.82) is 0 Å². The largest absolute Gasteiger partial charge is 0.497 e. The SMILES string of the molecule is COc1ccc(S(=O)(=O)N(CC(=O)NCCOc2ccc(Cl)cc2)c2ccc(C)cc2)cc1. The van der Waals surface area contributed by atoms with Gasteiger partial charge in [0.05, 0.1) is 24.2 Å². The number of carbonyl (C=O) groups excluding carboxylic acids is 1. The molecule has 0 aromatic heterocycles. The summed E-state index contributed by atoms with van der Waals surface area (Å²) >= 11 is 5.85. The summed E-state index contributed by atoms with van der Waals surface area (Å²) in [5, 5.41) is 3.30. The predicted octanol–water partition coefficient (Wildman–Crippen LogP) is 4.05. The van der Waals surface area contributed by atoms with E-state index in [0.717, 1.165) is 9.87 Å². The van der Waals surface area contributed by atoms with Crippen molar-refractivity contribution in [3.05, 3.63) is 83.4 Å². The normalized spacial score (nSPS) is 11.0. The average molecular weight is 489 g/mol. The maximum atomic E-state index is 13.4. The summed E-state index contributed by atoms with van der Waals surface area (Å²) in [6, 6.07) is 19.8. The number of nitrogens with one attached hydrogen (secondary N) is 1. The third-order valence-electron chi connectivity index (χ3n) is 4.76. The molecule has 3 aromatic carbocycles. The van der Waals surface area contributed by atoms with Crippen LogP contribution >= 0.6 is 11.6 Å². The molecule has 0 aliphatic rings. The molecule has 0 fully saturated rings. The highest BCUT2D eigenvalue weighted by atomic mass is 35.5. The summed E-state index contributed by atoms with van der Waals surface area (Å²) in [5.74, 6) is 0.707. The highest BCUT2D eigenvalue weighted by Gasteiger charge is 2.27. The van der Waals surface area contributed by atoms with Gasteiger partial charge in [-0.2, -0.15) is 0 Å². The number of benzene rings is 3. The fraction of sp³-hybridized carbons (Fsp3) is 0.208. The maximum absolute atomic E-state index is 13.4. The van der Waals surface area contributed by atoms with Crippen LogP contribution in [-0.4, -0.2) is 41.1 Å². The first-order valence-corrected chi connectivity index (χ1v) is 12.0. The van der Waals surface area contributed by atoms with Crippen molar-refractivity contribution in [1.82, 2.24) is 5.32 Å². The Morgan fingerprint density at radius 1 is 0.939 bits per heavy atom. The molecule has 0 saturated heterocycles. The van der Waals surface area contributed by atoms with Gasteiger partial charge in [-0.05, 0) is 67.6 Å². The van der Waals surface area contributed by atoms with Gasteiger partial charge < -0.3 is 14.8 Å². The zero-order valence-corrected chi connectivity index (χ0v) is 19.9. The lowest BCUT2D eigenvalue weighted by Gasteiger charge is -2.24. The maximum Gasteiger partial charge on any atom is 0.264 e. The summed E-state index contributed by atoms with van der Waals surface area (Å²) in [6.07, 6.45) is 0. The molecule has 0 saturated carbocycles. The Labute approximate surface area is 198 Å². The van der Waals surface area contributed by atoms with Crippen LogP contribution in [0.5, 0.6) is 11.5 Å². The molecule has 1 amide bonds. The molecule has 7 nitrogen and oxygen atoms in total. The molecule has 3 aromatic rings. The highest BCUT2D eigenvalue weighted by molar-refractivity contribution is 7.92. The fourth-order valence-corrected chi connectivity index (χ4v) is 4.52. The van der Waals surface area contributed by atoms with Crippen LogP contribution in [0, 0.1) is 6.92 Å². The summed E-state index contributed by atoms with van der Waals surface area (Å²) < 4.78 is 38.5. The molecule has 0 aliphatic heterocycles. The zero-order valence-electron chi connectivity index (χ0n) is 18.3. The lowest BCUT2D eigenvalue weighted by Crippen LogP contribution is -2.41. The van der Waals surface area contributed by atoms with Gasteiger partial charge in [-0.1, -0.05) is 29.3 Å². The molecule has 0 bridgehead atoms. The number of aryl methyl sites for hydroxylation is 1. The topological polar surface area (TPSA) is 84.9 Å². The third kappa shape index (κ3) is 6.63. The second-order valence-electron chi connectivity index (χ2n) is 7.18. The van der Waals surface area contributed by atoms with E-state index in [0.29, 0.717) is 22.2 Å². The van der Waals surface area contributed by atoms with Crippen LogP contribution < -0.4 is 19.1 Å². The molecular formula is C24H25ClN2O5S. The fourth-order valence-electron chi connectivity index (χ4n) is 2.98. The summed E-state index contributed by atoms with van der Waals surface area (Å²) in [4.78, 5) is 12.7. The number of anilines is 1. The number of hydrogen-bond donors (Lipinski definition) is 1. The Morgan fingerprint density at radius 3 is 2.15 bits per heavy atom. The number of halogens is 1. The van der Waals surface area contributed by atoms with Crippen molar-refractivity contribution in [3.63, 3.8) is 0 Å². The van der Waals surface area contributed by atoms with Crippen LogP contribution in [0.4, 0.5) is 5.69 Å². The smallest absolute Gasteiger partial charge is 0.264 e. The van der Waals surface area contributed by atoms with Gasteiger partial charge in [-0.25, -0.2) is 8.42 Å². The first kappa shape index (κ1) is 24.4. The number of methoxy groups -OCH3 is 1. The van der Waals surface area contributed by atoms with Crippen molar-refractivity contribution in [2.45, 2.75) is 11.8 Å². The Balaban J connectivity index is 1.70. The number of amides is 1. The predicted molar refractivity (Wildman–Crippen MR) is 129 cm³/mol. The van der Waals surface area contributed by atoms with E-state index in [1.165, 1.54) is 19.2 Å². The molecule has 0 radical (unpaired) electrons. The van der Waals surface area contributed by atoms with Crippen LogP contribution in [0.15, 0.2) is 77.7 Å². The van der Waals surface area contributed by atoms with Gasteiger partial charge in [-0.15, -0.1) is 0 Å². The first-order chi connectivity index (χ1) is 15.8. The quantitative estimate of drug-likeness (QED) is 0.435. The molecule has 0 spiro atoms. The van der Waals surface area contributed by atoms with Crippen molar-refractivity contribution < 1.29 is 22.7 Å². The van der Waals surface area contributed by atoms with Crippen molar-refractivity contribution >= 4 is 33.2 Å². The van der Waals surface area contributed by atoms with Crippen molar-refractivity contribution in [2.75, 3.05) is 31.1 Å². The van der Waals surface area contributed by atoms with Gasteiger partial charge >= 0.3 is 0 Å². The van der Waals surface area contributed by atoms with Gasteiger partial charge in [-0.3, -0.25) is 9.10 Å². The molecule has 0 heterocycles. The van der Waals surface area contributed by atoms with E-state index in [1.54, 1.807) is 60.7 Å². The van der Waals surface area contributed by atoms with E-state index in [-0.39, 0.29) is 24.6 Å². The average Bonchev–Trinajstić information content (AvgIpc) is 2.82. The number of rotatable bonds is 10. The molecule has 1 N–H and O–H groups in total. The standard InChI is InChI=1S/C24H25ClN2O5S/c1-18-3-7-20(8-4-18)27(33(29,30)23-13-11-21(31-2)12-14-23)17-24(28)26-15-16-32-22-9-5-19(25)6-10-22/h3-14H,15-17H2,1-2H3,(H,26,28). The second kappa shape index (κ2) is 11.1. The molecule has 3 rings (SSSR count). The minimum Gasteiger partial charge on any atom is -0.497 e. The second-order valence-corrected chi connectivity index (χ2v) is 9.47. The van der Waals surface area contributed by atoms with E-state index in [2.05, 4.69) is 5.32 Å². The van der Waals surface area contributed by atoms with Gasteiger partial charge in [0.15, 0.2) is 0 Å². The minimum absolute atomic E-state index is 0.0581. The number of hydrogen-bond acceptors (Lipinski definition) is 5. The van der Waals surface area contributed by atoms with E-state index >= 15 is 0 Å². The molecule has 33 heavy (non-hydrogen) atoms. The lowest BCUT2D eigenvalue weighted by molar-refractivity contribution is -0.119. The van der Waals surface area contributed by atoms with Crippen LogP contribution in [0.3, 0.4) is 0 Å². The van der Waals surface area contributed by atoms with Gasteiger partial charge in [0.25, 0.3) is 10.0 Å². The lowest BCUT2D eigenvalue weighted by atomic mass is 10.2. The molecular weight excluding hydrogens is 464 g/mol. The molecule has 0 aliphatic carbocycles. The van der Waals surface area contributed by atoms with Crippen molar-refractivity contribution in [3.8, 4) is 11.5 Å². The Morgan fingerprint density at radius 2 is 1.55 bits per heavy atom. The highest BCUT2D eigenvalue weighted by Crippen LogP contribution is 2.25. The van der Waals surface area contributed by atoms with E-state index in [9.17, 15) is 13.2 Å². The van der Waals surface area contributed by atoms with Crippen LogP contribution in [0.2, 0.25) is 5.02 Å². The molecule has 0 atom stereocenters. The van der Waals surface area contributed by atoms with E-state index in [4.69, 9.17) is 21.1 Å². The Hall–Kier alpha value is -3.23. The number of carbonyl (C=O) groups is 1. The Kier molecular flexibility index (Phi) is 8.19. The summed E-state index contributed by atoms with van der Waals surface area (Å²) in [5.41, 5.74) is 1.37. The monoisotopic (exact) mass is 488 g/mol. The summed E-state index contributed by atoms with van der Waals surface area (Å²) in [6.45, 7) is 1.97. The van der Waals surface area contributed by atoms with Crippen LogP contribution in [0.25, 0.3) is 0 Å². The van der Waals surface area contributed by atoms with Gasteiger partial charge in [0, 0.05) is 5.02 Å². The van der Waals surface area contributed by atoms with Gasteiger partial charge in [0.1, 0.15) is 24.7 Å². The van der Waals surface area contributed by atoms with E-state index < -0.39 is 15.9 Å². The van der Waals surface area contributed by atoms with Crippen LogP contribution in [-0.2, 0) is 14.8 Å². The number of sulfonamides is 1. The third-order valence-corrected chi connectivity index (χ3v) is 6.80. The molecule has 9 heteroatoms. The van der Waals surface area contributed by atoms with Crippen molar-refractivity contribution in [2.24, 2.45) is 0 Å². The molecule has 0 unspecified atom stereocenters. The zero-order chi connectivity index (χ0) is 23.8. The van der Waals surface area contributed by atoms with Gasteiger partial charge in [0.2, 0.25) is 5.91 Å². The van der Waals surface area contributed by atoms with Crippen LogP contribution in [0.1, 0.15) is 5.56 Å². The van der Waals surface area contributed by atoms with E-state index in [1.807, 2.05) is 6.92 Å². The Bertz CT molecular complexity index is 1160. The first-order valence-electron chi connectivity index (χ1n) is 10.2. The summed E-state index contributed by atoms with van der Waals surface area (Å²) in [7, 11) is -2.49. The number of nitrogens with zero attached hydrogens (tertiary/aromatic N) is 1. The number of ether oxygens (including phenoxy) is 2.